The Morgan fingerprint density at radius 3 is 2.52 bits per heavy atom. The molecule has 0 spiro atoms. The number of nitrogens with one attached hydrogen (secondary N) is 1. The summed E-state index contributed by atoms with van der Waals surface area (Å²) in [4.78, 5) is 13.1. The molecular weight excluding hydrogens is 292 g/mol. The number of carbonyl (C=O) groups is 1. The first-order valence-corrected chi connectivity index (χ1v) is 8.18. The summed E-state index contributed by atoms with van der Waals surface area (Å²) >= 11 is 0. The van der Waals surface area contributed by atoms with E-state index in [1.54, 1.807) is 0 Å². The van der Waals surface area contributed by atoms with Crippen molar-refractivity contribution in [3.05, 3.63) is 29.3 Å². The highest BCUT2D eigenvalue weighted by atomic mass is 32.2. The van der Waals surface area contributed by atoms with Gasteiger partial charge in [0.25, 0.3) is 0 Å². The van der Waals surface area contributed by atoms with Gasteiger partial charge in [0, 0.05) is 19.1 Å². The summed E-state index contributed by atoms with van der Waals surface area (Å²) in [6, 6.07) is 4.57. The Bertz CT molecular complexity index is 611. The number of rotatable bonds is 7. The average Bonchev–Trinajstić information content (AvgIpc) is 2.37. The van der Waals surface area contributed by atoms with E-state index >= 15 is 0 Å². The van der Waals surface area contributed by atoms with Crippen LogP contribution < -0.4 is 4.72 Å². The van der Waals surface area contributed by atoms with Gasteiger partial charge in [-0.05, 0) is 45.5 Å². The molecule has 1 aromatic rings. The normalized spacial score (nSPS) is 12.1. The Balaban J connectivity index is 2.89. The minimum Gasteiger partial charge on any atom is -0.478 e. The van der Waals surface area contributed by atoms with Crippen molar-refractivity contribution in [1.29, 1.82) is 0 Å². The van der Waals surface area contributed by atoms with E-state index in [1.807, 2.05) is 25.8 Å². The predicted molar refractivity (Wildman–Crippen MR) is 81.1 cm³/mol. The number of carboxylic acid groups (broad SMARTS) is 1. The second-order valence-corrected chi connectivity index (χ2v) is 6.94. The monoisotopic (exact) mass is 314 g/mol. The molecule has 0 saturated heterocycles. The van der Waals surface area contributed by atoms with Crippen LogP contribution in [0, 0.1) is 6.92 Å². The number of nitrogens with zero attached hydrogens (tertiary/aromatic N) is 1. The van der Waals surface area contributed by atoms with Gasteiger partial charge in [-0.3, -0.25) is 0 Å². The Morgan fingerprint density at radius 1 is 1.38 bits per heavy atom. The van der Waals surface area contributed by atoms with Crippen molar-refractivity contribution in [2.24, 2.45) is 0 Å². The molecule has 0 aliphatic rings. The number of sulfonamides is 1. The van der Waals surface area contributed by atoms with Gasteiger partial charge >= 0.3 is 5.97 Å². The van der Waals surface area contributed by atoms with Crippen LogP contribution in [0.3, 0.4) is 0 Å². The highest BCUT2D eigenvalue weighted by Crippen LogP contribution is 2.18. The third-order valence-electron chi connectivity index (χ3n) is 3.44. The largest absolute Gasteiger partial charge is 0.478 e. The van der Waals surface area contributed by atoms with Gasteiger partial charge in [0.2, 0.25) is 10.0 Å². The summed E-state index contributed by atoms with van der Waals surface area (Å²) in [7, 11) is -1.80. The van der Waals surface area contributed by atoms with Crippen LogP contribution in [0.2, 0.25) is 0 Å². The lowest BCUT2D eigenvalue weighted by molar-refractivity contribution is 0.0696. The maximum Gasteiger partial charge on any atom is 0.335 e. The second-order valence-electron chi connectivity index (χ2n) is 5.21. The average molecular weight is 314 g/mol. The molecule has 7 heteroatoms. The smallest absolute Gasteiger partial charge is 0.335 e. The third kappa shape index (κ3) is 4.52. The van der Waals surface area contributed by atoms with E-state index in [0.717, 1.165) is 0 Å². The van der Waals surface area contributed by atoms with Gasteiger partial charge in [-0.1, -0.05) is 6.07 Å². The van der Waals surface area contributed by atoms with E-state index in [-0.39, 0.29) is 22.6 Å². The maximum atomic E-state index is 12.3. The van der Waals surface area contributed by atoms with E-state index in [2.05, 4.69) is 4.72 Å². The number of carboxylic acids is 1. The number of likely N-dealkylation sites (N-methyl/N-ethyl adjacent to an activating group) is 1. The summed E-state index contributed by atoms with van der Waals surface area (Å²) in [5, 5.41) is 9.04. The molecule has 0 heterocycles. The van der Waals surface area contributed by atoms with E-state index < -0.39 is 16.0 Å². The minimum atomic E-state index is -3.71. The first kappa shape index (κ1) is 17.6. The van der Waals surface area contributed by atoms with Crippen molar-refractivity contribution >= 4 is 16.0 Å². The van der Waals surface area contributed by atoms with Gasteiger partial charge in [0.1, 0.15) is 0 Å². The van der Waals surface area contributed by atoms with Crippen molar-refractivity contribution in [3.8, 4) is 0 Å². The quantitative estimate of drug-likeness (QED) is 0.792. The zero-order valence-corrected chi connectivity index (χ0v) is 13.6. The highest BCUT2D eigenvalue weighted by Gasteiger charge is 2.20. The first-order chi connectivity index (χ1) is 9.66. The lowest BCUT2D eigenvalue weighted by Gasteiger charge is -2.21. The lowest BCUT2D eigenvalue weighted by Crippen LogP contribution is -2.36. The zero-order chi connectivity index (χ0) is 16.2. The Hall–Kier alpha value is -1.44. The molecule has 0 fully saturated rings. The molecule has 2 N–H and O–H groups in total. The molecule has 0 saturated carbocycles. The Labute approximate surface area is 125 Å². The Morgan fingerprint density at radius 2 is 2.00 bits per heavy atom. The fourth-order valence-electron chi connectivity index (χ4n) is 1.83. The number of benzene rings is 1. The first-order valence-electron chi connectivity index (χ1n) is 6.69. The number of hydrogen-bond donors (Lipinski definition) is 2. The van der Waals surface area contributed by atoms with Gasteiger partial charge in [0.15, 0.2) is 0 Å². The van der Waals surface area contributed by atoms with E-state index in [0.29, 0.717) is 12.6 Å². The Kier molecular flexibility index (Phi) is 5.88. The molecule has 0 amide bonds. The number of hydrogen-bond acceptors (Lipinski definition) is 4. The van der Waals surface area contributed by atoms with Crippen LogP contribution >= 0.6 is 0 Å². The molecule has 0 aliphatic carbocycles. The molecule has 118 valence electrons. The summed E-state index contributed by atoms with van der Waals surface area (Å²) in [6.45, 7) is 6.39. The lowest BCUT2D eigenvalue weighted by atomic mass is 10.1. The maximum absolute atomic E-state index is 12.3. The molecule has 0 aromatic heterocycles. The standard InChI is InChI=1S/C14H22N2O4S/c1-10(2)16(4)9-8-15-21(19,20)13-7-5-6-12(11(13)3)14(17)18/h5-7,10,15H,8-9H2,1-4H3,(H,17,18). The number of aromatic carboxylic acids is 1. The fraction of sp³-hybridized carbons (Fsp3) is 0.500. The molecule has 1 rings (SSSR count). The SMILES string of the molecule is Cc1c(C(=O)O)cccc1S(=O)(=O)NCCN(C)C(C)C. The third-order valence-corrected chi connectivity index (χ3v) is 5.05. The molecule has 0 bridgehead atoms. The molecule has 0 radical (unpaired) electrons. The highest BCUT2D eigenvalue weighted by molar-refractivity contribution is 7.89. The van der Waals surface area contributed by atoms with Gasteiger partial charge in [-0.25, -0.2) is 17.9 Å². The topological polar surface area (TPSA) is 86.7 Å². The summed E-state index contributed by atoms with van der Waals surface area (Å²) in [6.07, 6.45) is 0. The van der Waals surface area contributed by atoms with Crippen LogP contribution in [0.1, 0.15) is 29.8 Å². The summed E-state index contributed by atoms with van der Waals surface area (Å²) in [5.74, 6) is -1.14. The van der Waals surface area contributed by atoms with Crippen molar-refractivity contribution in [2.45, 2.75) is 31.7 Å². The van der Waals surface area contributed by atoms with Gasteiger partial charge in [0.05, 0.1) is 10.5 Å². The van der Waals surface area contributed by atoms with Crippen molar-refractivity contribution < 1.29 is 18.3 Å². The van der Waals surface area contributed by atoms with Gasteiger partial charge in [-0.15, -0.1) is 0 Å². The zero-order valence-electron chi connectivity index (χ0n) is 12.8. The molecule has 0 aliphatic heterocycles. The van der Waals surface area contributed by atoms with Crippen molar-refractivity contribution in [1.82, 2.24) is 9.62 Å². The molecule has 0 unspecified atom stereocenters. The van der Waals surface area contributed by atoms with E-state index in [4.69, 9.17) is 5.11 Å². The fourth-order valence-corrected chi connectivity index (χ4v) is 3.12. The van der Waals surface area contributed by atoms with Crippen LogP contribution in [-0.4, -0.2) is 50.6 Å². The summed E-state index contributed by atoms with van der Waals surface area (Å²) < 4.78 is 27.0. The summed E-state index contributed by atoms with van der Waals surface area (Å²) in [5.41, 5.74) is 0.242. The van der Waals surface area contributed by atoms with Gasteiger partial charge in [-0.2, -0.15) is 0 Å². The van der Waals surface area contributed by atoms with Crippen molar-refractivity contribution in [2.75, 3.05) is 20.1 Å². The molecule has 21 heavy (non-hydrogen) atoms. The van der Waals surface area contributed by atoms with Crippen LogP contribution in [0.4, 0.5) is 0 Å². The predicted octanol–water partition coefficient (Wildman–Crippen LogP) is 1.31. The van der Waals surface area contributed by atoms with Crippen molar-refractivity contribution in [3.63, 3.8) is 0 Å². The molecule has 6 nitrogen and oxygen atoms in total. The van der Waals surface area contributed by atoms with E-state index in [1.165, 1.54) is 25.1 Å². The van der Waals surface area contributed by atoms with E-state index in [9.17, 15) is 13.2 Å². The van der Waals surface area contributed by atoms with Crippen LogP contribution in [0.15, 0.2) is 23.1 Å². The molecular formula is C14H22N2O4S. The van der Waals surface area contributed by atoms with Crippen LogP contribution in [0.5, 0.6) is 0 Å². The van der Waals surface area contributed by atoms with Gasteiger partial charge < -0.3 is 10.0 Å². The minimum absolute atomic E-state index is 0.00262. The second kappa shape index (κ2) is 7.02. The van der Waals surface area contributed by atoms with Crippen LogP contribution in [-0.2, 0) is 10.0 Å². The molecule has 0 atom stereocenters. The molecule has 1 aromatic carbocycles. The van der Waals surface area contributed by atoms with Crippen LogP contribution in [0.25, 0.3) is 0 Å².